The normalized spacial score (nSPS) is 15.0. The molecule has 1 rings (SSSR count). The highest BCUT2D eigenvalue weighted by atomic mass is 19.1. The lowest BCUT2D eigenvalue weighted by molar-refractivity contribution is 0.158. The summed E-state index contributed by atoms with van der Waals surface area (Å²) in [6.45, 7) is 3.55. The molecular formula is C12H17F2N. The molecule has 0 bridgehead atoms. The Balaban J connectivity index is 3.12. The lowest BCUT2D eigenvalue weighted by Gasteiger charge is -2.25. The van der Waals surface area contributed by atoms with Gasteiger partial charge in [0.25, 0.3) is 0 Å². The van der Waals surface area contributed by atoms with Gasteiger partial charge in [0.15, 0.2) is 0 Å². The summed E-state index contributed by atoms with van der Waals surface area (Å²) in [6.07, 6.45) is 1.08. The van der Waals surface area contributed by atoms with Crippen LogP contribution in [0.3, 0.4) is 0 Å². The van der Waals surface area contributed by atoms with E-state index >= 15 is 0 Å². The van der Waals surface area contributed by atoms with Crippen LogP contribution in [-0.2, 0) is 5.67 Å². The van der Waals surface area contributed by atoms with Gasteiger partial charge < -0.3 is 5.73 Å². The Morgan fingerprint density at radius 3 is 2.53 bits per heavy atom. The smallest absolute Gasteiger partial charge is 0.148 e. The third kappa shape index (κ3) is 2.53. The van der Waals surface area contributed by atoms with Crippen LogP contribution in [0.1, 0.15) is 30.9 Å². The van der Waals surface area contributed by atoms with Crippen molar-refractivity contribution in [3.05, 3.63) is 35.1 Å². The molecular weight excluding hydrogens is 196 g/mol. The van der Waals surface area contributed by atoms with Crippen LogP contribution in [0.4, 0.5) is 8.78 Å². The Morgan fingerprint density at radius 2 is 2.07 bits per heavy atom. The van der Waals surface area contributed by atoms with E-state index in [0.29, 0.717) is 24.0 Å². The Kier molecular flexibility index (Phi) is 3.80. The number of aryl methyl sites for hydroxylation is 1. The van der Waals surface area contributed by atoms with Crippen molar-refractivity contribution < 1.29 is 8.78 Å². The summed E-state index contributed by atoms with van der Waals surface area (Å²) in [7, 11) is 0. The maximum atomic E-state index is 14.4. The Hall–Kier alpha value is -0.960. The molecule has 0 saturated heterocycles. The first-order valence-corrected chi connectivity index (χ1v) is 5.19. The van der Waals surface area contributed by atoms with Crippen LogP contribution in [0, 0.1) is 12.7 Å². The zero-order valence-electron chi connectivity index (χ0n) is 9.19. The van der Waals surface area contributed by atoms with E-state index in [0.717, 1.165) is 0 Å². The number of hydrogen-bond donors (Lipinski definition) is 1. The van der Waals surface area contributed by atoms with E-state index in [9.17, 15) is 8.78 Å². The van der Waals surface area contributed by atoms with Crippen molar-refractivity contribution in [2.75, 3.05) is 6.54 Å². The van der Waals surface area contributed by atoms with Crippen molar-refractivity contribution in [2.24, 2.45) is 5.73 Å². The molecule has 0 fully saturated rings. The molecule has 2 N–H and O–H groups in total. The molecule has 0 saturated carbocycles. The highest BCUT2D eigenvalue weighted by Crippen LogP contribution is 2.32. The molecule has 0 spiro atoms. The molecule has 1 aromatic rings. The van der Waals surface area contributed by atoms with Gasteiger partial charge in [0.05, 0.1) is 0 Å². The summed E-state index contributed by atoms with van der Waals surface area (Å²) < 4.78 is 27.3. The lowest BCUT2D eigenvalue weighted by atomic mass is 9.88. The zero-order valence-corrected chi connectivity index (χ0v) is 9.19. The predicted octanol–water partition coefficient (Wildman–Crippen LogP) is 3.06. The molecule has 1 unspecified atom stereocenters. The summed E-state index contributed by atoms with van der Waals surface area (Å²) in [6, 6.07) is 4.12. The number of rotatable bonds is 4. The van der Waals surface area contributed by atoms with E-state index in [2.05, 4.69) is 0 Å². The van der Waals surface area contributed by atoms with Crippen molar-refractivity contribution in [1.29, 1.82) is 0 Å². The van der Waals surface area contributed by atoms with Crippen LogP contribution in [0.15, 0.2) is 18.2 Å². The second-order valence-electron chi connectivity index (χ2n) is 3.88. The molecule has 0 aromatic heterocycles. The molecule has 1 atom stereocenters. The minimum absolute atomic E-state index is 0.0622. The quantitative estimate of drug-likeness (QED) is 0.817. The first-order chi connectivity index (χ1) is 7.03. The third-order valence-electron chi connectivity index (χ3n) is 2.64. The van der Waals surface area contributed by atoms with Crippen LogP contribution in [0.25, 0.3) is 0 Å². The SMILES string of the molecule is CCCC(F)(CN)c1ccc(F)cc1C. The fourth-order valence-electron chi connectivity index (χ4n) is 1.87. The molecule has 0 aliphatic heterocycles. The van der Waals surface area contributed by atoms with E-state index in [1.54, 1.807) is 6.92 Å². The van der Waals surface area contributed by atoms with Gasteiger partial charge in [0.2, 0.25) is 0 Å². The number of benzene rings is 1. The van der Waals surface area contributed by atoms with E-state index in [-0.39, 0.29) is 12.4 Å². The second-order valence-corrected chi connectivity index (χ2v) is 3.88. The van der Waals surface area contributed by atoms with E-state index in [4.69, 9.17) is 5.73 Å². The number of alkyl halides is 1. The van der Waals surface area contributed by atoms with E-state index in [1.165, 1.54) is 18.2 Å². The van der Waals surface area contributed by atoms with Crippen molar-refractivity contribution in [1.82, 2.24) is 0 Å². The Labute approximate surface area is 89.3 Å². The van der Waals surface area contributed by atoms with Crippen molar-refractivity contribution in [3.63, 3.8) is 0 Å². The zero-order chi connectivity index (χ0) is 11.5. The highest BCUT2D eigenvalue weighted by Gasteiger charge is 2.30. The molecule has 0 aliphatic rings. The first kappa shape index (κ1) is 12.1. The minimum atomic E-state index is -1.52. The standard InChI is InChI=1S/C12H17F2N/c1-3-6-12(14,8-15)11-5-4-10(13)7-9(11)2/h4-5,7H,3,6,8,15H2,1-2H3. The second kappa shape index (κ2) is 4.71. The Bertz CT molecular complexity index is 338. The maximum absolute atomic E-state index is 14.4. The average Bonchev–Trinajstić information content (AvgIpc) is 2.17. The first-order valence-electron chi connectivity index (χ1n) is 5.19. The average molecular weight is 213 g/mol. The summed E-state index contributed by atoms with van der Waals surface area (Å²) >= 11 is 0. The molecule has 1 aromatic carbocycles. The number of hydrogen-bond acceptors (Lipinski definition) is 1. The molecule has 84 valence electrons. The van der Waals surface area contributed by atoms with Crippen molar-refractivity contribution >= 4 is 0 Å². The monoisotopic (exact) mass is 213 g/mol. The molecule has 0 radical (unpaired) electrons. The molecule has 3 heteroatoms. The summed E-state index contributed by atoms with van der Waals surface area (Å²) in [4.78, 5) is 0. The largest absolute Gasteiger partial charge is 0.327 e. The van der Waals surface area contributed by atoms with Gasteiger partial charge in [0, 0.05) is 6.54 Å². The van der Waals surface area contributed by atoms with Crippen LogP contribution in [0.5, 0.6) is 0 Å². The van der Waals surface area contributed by atoms with Gasteiger partial charge in [-0.05, 0) is 36.6 Å². The van der Waals surface area contributed by atoms with Gasteiger partial charge in [-0.3, -0.25) is 0 Å². The van der Waals surface area contributed by atoms with Gasteiger partial charge in [-0.1, -0.05) is 19.4 Å². The van der Waals surface area contributed by atoms with Gasteiger partial charge in [-0.15, -0.1) is 0 Å². The van der Waals surface area contributed by atoms with Gasteiger partial charge in [0.1, 0.15) is 11.5 Å². The Morgan fingerprint density at radius 1 is 1.40 bits per heavy atom. The van der Waals surface area contributed by atoms with Crippen LogP contribution >= 0.6 is 0 Å². The number of nitrogens with two attached hydrogens (primary N) is 1. The molecule has 0 aliphatic carbocycles. The molecule has 0 heterocycles. The van der Waals surface area contributed by atoms with Crippen LogP contribution in [-0.4, -0.2) is 6.54 Å². The molecule has 0 amide bonds. The van der Waals surface area contributed by atoms with Crippen molar-refractivity contribution in [3.8, 4) is 0 Å². The minimum Gasteiger partial charge on any atom is -0.327 e. The summed E-state index contributed by atoms with van der Waals surface area (Å²) in [5.74, 6) is -0.341. The summed E-state index contributed by atoms with van der Waals surface area (Å²) in [5.41, 5.74) is 5.07. The fourth-order valence-corrected chi connectivity index (χ4v) is 1.87. The topological polar surface area (TPSA) is 26.0 Å². The fraction of sp³-hybridized carbons (Fsp3) is 0.500. The number of halogens is 2. The molecule has 15 heavy (non-hydrogen) atoms. The third-order valence-corrected chi connectivity index (χ3v) is 2.64. The van der Waals surface area contributed by atoms with Crippen LogP contribution in [0.2, 0.25) is 0 Å². The summed E-state index contributed by atoms with van der Waals surface area (Å²) in [5, 5.41) is 0. The van der Waals surface area contributed by atoms with E-state index in [1.807, 2.05) is 6.92 Å². The highest BCUT2D eigenvalue weighted by molar-refractivity contribution is 5.32. The lowest BCUT2D eigenvalue weighted by Crippen LogP contribution is -2.31. The van der Waals surface area contributed by atoms with E-state index < -0.39 is 5.67 Å². The maximum Gasteiger partial charge on any atom is 0.148 e. The van der Waals surface area contributed by atoms with Gasteiger partial charge in [-0.2, -0.15) is 0 Å². The van der Waals surface area contributed by atoms with Crippen LogP contribution < -0.4 is 5.73 Å². The molecule has 1 nitrogen and oxygen atoms in total. The van der Waals surface area contributed by atoms with Crippen molar-refractivity contribution in [2.45, 2.75) is 32.4 Å². The predicted molar refractivity (Wildman–Crippen MR) is 57.9 cm³/mol. The van der Waals surface area contributed by atoms with Gasteiger partial charge in [-0.25, -0.2) is 8.78 Å². The van der Waals surface area contributed by atoms with Gasteiger partial charge >= 0.3 is 0 Å².